The van der Waals surface area contributed by atoms with Crippen molar-refractivity contribution in [1.29, 1.82) is 0 Å². The predicted molar refractivity (Wildman–Crippen MR) is 51.3 cm³/mol. The van der Waals surface area contributed by atoms with Crippen molar-refractivity contribution >= 4 is 5.97 Å². The fourth-order valence-corrected chi connectivity index (χ4v) is 1.68. The van der Waals surface area contributed by atoms with Gasteiger partial charge in [-0.2, -0.15) is 0 Å². The highest BCUT2D eigenvalue weighted by Crippen LogP contribution is 2.23. The van der Waals surface area contributed by atoms with E-state index in [4.69, 9.17) is 5.11 Å². The average Bonchev–Trinajstić information content (AvgIpc) is 2.08. The number of carbonyl (C=O) groups is 1. The minimum atomic E-state index is -0.892. The molecule has 0 saturated heterocycles. The van der Waals surface area contributed by atoms with Gasteiger partial charge in [-0.1, -0.05) is 6.92 Å². The lowest BCUT2D eigenvalue weighted by Gasteiger charge is -2.26. The second kappa shape index (κ2) is 4.90. The number of aliphatic carboxylic acids is 1. The van der Waals surface area contributed by atoms with Gasteiger partial charge >= 0.3 is 5.97 Å². The van der Waals surface area contributed by atoms with E-state index in [1.807, 2.05) is 0 Å². The molecule has 2 N–H and O–H groups in total. The van der Waals surface area contributed by atoms with Crippen LogP contribution in [0.2, 0.25) is 0 Å². The Morgan fingerprint density at radius 2 is 2.00 bits per heavy atom. The predicted octanol–water partition coefficient (Wildman–Crippen LogP) is 1.75. The average molecular weight is 183 g/mol. The Labute approximate surface area is 78.8 Å². The van der Waals surface area contributed by atoms with E-state index in [0.717, 1.165) is 24.8 Å². The second-order valence-corrected chi connectivity index (χ2v) is 3.80. The maximum Gasteiger partial charge on any atom is 0.329 e. The molecule has 13 heavy (non-hydrogen) atoms. The molecule has 1 aliphatic rings. The van der Waals surface area contributed by atoms with Gasteiger partial charge in [-0.15, -0.1) is 0 Å². The molecule has 0 radical (unpaired) electrons. The van der Waals surface area contributed by atoms with Crippen molar-refractivity contribution in [3.63, 3.8) is 0 Å². The van der Waals surface area contributed by atoms with E-state index in [0.29, 0.717) is 6.04 Å². The molecule has 0 aromatic carbocycles. The molecule has 0 bridgehead atoms. The second-order valence-electron chi connectivity index (χ2n) is 3.80. The molecule has 1 saturated carbocycles. The van der Waals surface area contributed by atoms with Gasteiger partial charge in [0.15, 0.2) is 0 Å². The Morgan fingerprint density at radius 3 is 2.54 bits per heavy atom. The van der Waals surface area contributed by atoms with E-state index in [9.17, 15) is 4.79 Å². The largest absolute Gasteiger partial charge is 0.478 e. The molecular weight excluding hydrogens is 166 g/mol. The summed E-state index contributed by atoms with van der Waals surface area (Å²) in [6.45, 7) is 2.27. The number of carboxylic acid groups (broad SMARTS) is 1. The Balaban J connectivity index is 2.19. The van der Waals surface area contributed by atoms with E-state index in [1.165, 1.54) is 12.8 Å². The fourth-order valence-electron chi connectivity index (χ4n) is 1.68. The molecule has 3 heteroatoms. The van der Waals surface area contributed by atoms with E-state index >= 15 is 0 Å². The van der Waals surface area contributed by atoms with Crippen LogP contribution in [0.5, 0.6) is 0 Å². The summed E-state index contributed by atoms with van der Waals surface area (Å²) in [5.41, 5.74) is 0. The molecule has 0 aromatic heterocycles. The van der Waals surface area contributed by atoms with Crippen molar-refractivity contribution in [2.24, 2.45) is 5.92 Å². The molecular formula is C10H17NO2. The van der Waals surface area contributed by atoms with Crippen LogP contribution in [0.15, 0.2) is 12.3 Å². The van der Waals surface area contributed by atoms with Crippen LogP contribution in [0.3, 0.4) is 0 Å². The molecule has 0 spiro atoms. The van der Waals surface area contributed by atoms with Crippen molar-refractivity contribution < 1.29 is 9.90 Å². The van der Waals surface area contributed by atoms with Gasteiger partial charge in [-0.05, 0) is 31.6 Å². The van der Waals surface area contributed by atoms with Crippen molar-refractivity contribution in [2.75, 3.05) is 0 Å². The number of nitrogens with one attached hydrogen (secondary N) is 1. The molecule has 1 aliphatic carbocycles. The van der Waals surface area contributed by atoms with Crippen molar-refractivity contribution in [2.45, 2.75) is 38.6 Å². The minimum Gasteiger partial charge on any atom is -0.478 e. The summed E-state index contributed by atoms with van der Waals surface area (Å²) >= 11 is 0. The van der Waals surface area contributed by atoms with Gasteiger partial charge in [-0.3, -0.25) is 0 Å². The summed E-state index contributed by atoms with van der Waals surface area (Å²) in [6, 6.07) is 0.479. The summed E-state index contributed by atoms with van der Waals surface area (Å²) in [6.07, 6.45) is 7.51. The Morgan fingerprint density at radius 1 is 1.38 bits per heavy atom. The van der Waals surface area contributed by atoms with Crippen LogP contribution in [0.25, 0.3) is 0 Å². The molecule has 1 fully saturated rings. The Hall–Kier alpha value is -0.990. The summed E-state index contributed by atoms with van der Waals surface area (Å²) in [7, 11) is 0. The van der Waals surface area contributed by atoms with Crippen LogP contribution in [0.1, 0.15) is 32.6 Å². The van der Waals surface area contributed by atoms with Gasteiger partial charge in [0.1, 0.15) is 0 Å². The third kappa shape index (κ3) is 3.97. The first-order valence-corrected chi connectivity index (χ1v) is 4.84. The van der Waals surface area contributed by atoms with Crippen LogP contribution in [0, 0.1) is 5.92 Å². The minimum absolute atomic E-state index is 0.479. The SMILES string of the molecule is CC1CCC(N/C=C/C(=O)O)CC1. The van der Waals surface area contributed by atoms with Gasteiger partial charge in [0, 0.05) is 18.3 Å². The highest BCUT2D eigenvalue weighted by atomic mass is 16.4. The highest BCUT2D eigenvalue weighted by molar-refractivity contribution is 5.79. The van der Waals surface area contributed by atoms with Crippen molar-refractivity contribution in [3.8, 4) is 0 Å². The van der Waals surface area contributed by atoms with Crippen LogP contribution < -0.4 is 5.32 Å². The molecule has 1 rings (SSSR count). The summed E-state index contributed by atoms with van der Waals surface area (Å²) in [4.78, 5) is 10.2. The van der Waals surface area contributed by atoms with E-state index < -0.39 is 5.97 Å². The van der Waals surface area contributed by atoms with Crippen LogP contribution in [-0.2, 0) is 4.79 Å². The Kier molecular flexibility index (Phi) is 3.80. The molecule has 3 nitrogen and oxygen atoms in total. The zero-order valence-electron chi connectivity index (χ0n) is 7.99. The topological polar surface area (TPSA) is 49.3 Å². The van der Waals surface area contributed by atoms with E-state index in [2.05, 4.69) is 12.2 Å². The molecule has 0 heterocycles. The number of carboxylic acids is 1. The lowest BCUT2D eigenvalue weighted by Crippen LogP contribution is -2.28. The van der Waals surface area contributed by atoms with E-state index in [1.54, 1.807) is 6.20 Å². The quantitative estimate of drug-likeness (QED) is 0.655. The van der Waals surface area contributed by atoms with Crippen LogP contribution in [-0.4, -0.2) is 17.1 Å². The van der Waals surface area contributed by atoms with Gasteiger partial charge in [0.05, 0.1) is 0 Å². The van der Waals surface area contributed by atoms with Crippen molar-refractivity contribution in [1.82, 2.24) is 5.32 Å². The maximum absolute atomic E-state index is 10.2. The third-order valence-electron chi connectivity index (χ3n) is 2.57. The maximum atomic E-state index is 10.2. The highest BCUT2D eigenvalue weighted by Gasteiger charge is 2.16. The summed E-state index contributed by atoms with van der Waals surface area (Å²) in [5.74, 6) is -0.0572. The monoisotopic (exact) mass is 183 g/mol. The van der Waals surface area contributed by atoms with Crippen LogP contribution in [0.4, 0.5) is 0 Å². The van der Waals surface area contributed by atoms with Gasteiger partial charge in [0.2, 0.25) is 0 Å². The molecule has 0 aromatic rings. The number of hydrogen-bond acceptors (Lipinski definition) is 2. The fraction of sp³-hybridized carbons (Fsp3) is 0.700. The summed E-state index contributed by atoms with van der Waals surface area (Å²) < 4.78 is 0. The molecule has 0 unspecified atom stereocenters. The van der Waals surface area contributed by atoms with Gasteiger partial charge < -0.3 is 10.4 Å². The molecule has 0 atom stereocenters. The first-order valence-electron chi connectivity index (χ1n) is 4.84. The molecule has 0 amide bonds. The number of rotatable bonds is 3. The smallest absolute Gasteiger partial charge is 0.329 e. The number of hydrogen-bond donors (Lipinski definition) is 2. The standard InChI is InChI=1S/C10H17NO2/c1-8-2-4-9(5-3-8)11-7-6-10(12)13/h6-9,11H,2-5H2,1H3,(H,12,13)/b7-6+. The third-order valence-corrected chi connectivity index (χ3v) is 2.57. The first-order chi connectivity index (χ1) is 6.18. The van der Waals surface area contributed by atoms with Gasteiger partial charge in [-0.25, -0.2) is 4.79 Å². The Bertz CT molecular complexity index is 193. The molecule has 74 valence electrons. The lowest BCUT2D eigenvalue weighted by molar-refractivity contribution is -0.131. The molecule has 0 aliphatic heterocycles. The first kappa shape index (κ1) is 10.1. The zero-order chi connectivity index (χ0) is 9.68. The lowest BCUT2D eigenvalue weighted by atomic mass is 9.87. The zero-order valence-corrected chi connectivity index (χ0v) is 7.99. The normalized spacial score (nSPS) is 29.0. The van der Waals surface area contributed by atoms with Gasteiger partial charge in [0.25, 0.3) is 0 Å². The van der Waals surface area contributed by atoms with Crippen LogP contribution >= 0.6 is 0 Å². The summed E-state index contributed by atoms with van der Waals surface area (Å²) in [5, 5.41) is 11.5. The van der Waals surface area contributed by atoms with E-state index in [-0.39, 0.29) is 0 Å². The van der Waals surface area contributed by atoms with Crippen molar-refractivity contribution in [3.05, 3.63) is 12.3 Å².